The molecule has 0 saturated carbocycles. The quantitative estimate of drug-likeness (QED) is 0.704. The molecule has 0 spiro atoms. The van der Waals surface area contributed by atoms with E-state index in [1.165, 1.54) is 17.3 Å². The molecule has 6 nitrogen and oxygen atoms in total. The standard InChI is InChI=1S/C10H11N5O/c1-12-10(16)8-3-2-7(11)4-9(8)15-6-13-5-14-15/h2-6H,11H2,1H3,(H,12,16). The fourth-order valence-electron chi connectivity index (χ4n) is 1.40. The van der Waals surface area contributed by atoms with Crippen molar-refractivity contribution in [3.63, 3.8) is 0 Å². The lowest BCUT2D eigenvalue weighted by atomic mass is 10.1. The van der Waals surface area contributed by atoms with Crippen LogP contribution in [0, 0.1) is 0 Å². The third-order valence-electron chi connectivity index (χ3n) is 2.16. The number of nitrogens with one attached hydrogen (secondary N) is 1. The predicted molar refractivity (Wildman–Crippen MR) is 59.2 cm³/mol. The summed E-state index contributed by atoms with van der Waals surface area (Å²) in [5, 5.41) is 6.54. The van der Waals surface area contributed by atoms with Gasteiger partial charge in [0, 0.05) is 12.7 Å². The zero-order valence-electron chi connectivity index (χ0n) is 8.71. The average Bonchev–Trinajstić information content (AvgIpc) is 2.81. The largest absolute Gasteiger partial charge is 0.399 e. The van der Waals surface area contributed by atoms with E-state index in [1.54, 1.807) is 25.2 Å². The van der Waals surface area contributed by atoms with E-state index in [-0.39, 0.29) is 5.91 Å². The van der Waals surface area contributed by atoms with Crippen molar-refractivity contribution in [3.05, 3.63) is 36.4 Å². The molecular formula is C10H11N5O. The van der Waals surface area contributed by atoms with Crippen molar-refractivity contribution in [2.24, 2.45) is 0 Å². The van der Waals surface area contributed by atoms with E-state index < -0.39 is 0 Å². The van der Waals surface area contributed by atoms with Gasteiger partial charge in [-0.1, -0.05) is 0 Å². The maximum atomic E-state index is 11.6. The molecule has 1 aromatic carbocycles. The third-order valence-corrected chi connectivity index (χ3v) is 2.16. The van der Waals surface area contributed by atoms with Crippen molar-refractivity contribution in [1.82, 2.24) is 20.1 Å². The molecule has 0 radical (unpaired) electrons. The molecule has 82 valence electrons. The SMILES string of the molecule is CNC(=O)c1ccc(N)cc1-n1cncn1. The molecule has 0 aliphatic carbocycles. The van der Waals surface area contributed by atoms with Crippen LogP contribution in [0.2, 0.25) is 0 Å². The van der Waals surface area contributed by atoms with Gasteiger partial charge in [-0.15, -0.1) is 0 Å². The molecule has 2 rings (SSSR count). The van der Waals surface area contributed by atoms with E-state index in [0.29, 0.717) is 16.9 Å². The van der Waals surface area contributed by atoms with E-state index >= 15 is 0 Å². The smallest absolute Gasteiger partial charge is 0.253 e. The first-order valence-electron chi connectivity index (χ1n) is 4.69. The van der Waals surface area contributed by atoms with Gasteiger partial charge < -0.3 is 11.1 Å². The van der Waals surface area contributed by atoms with E-state index in [9.17, 15) is 4.79 Å². The highest BCUT2D eigenvalue weighted by Gasteiger charge is 2.12. The summed E-state index contributed by atoms with van der Waals surface area (Å²) >= 11 is 0. The number of hydrogen-bond donors (Lipinski definition) is 2. The summed E-state index contributed by atoms with van der Waals surface area (Å²) in [6.07, 6.45) is 2.91. The Morgan fingerprint density at radius 2 is 2.31 bits per heavy atom. The van der Waals surface area contributed by atoms with Crippen molar-refractivity contribution < 1.29 is 4.79 Å². The molecule has 16 heavy (non-hydrogen) atoms. The van der Waals surface area contributed by atoms with Gasteiger partial charge in [-0.25, -0.2) is 9.67 Å². The number of anilines is 1. The Morgan fingerprint density at radius 1 is 1.50 bits per heavy atom. The van der Waals surface area contributed by atoms with Crippen molar-refractivity contribution >= 4 is 11.6 Å². The number of benzene rings is 1. The molecule has 1 heterocycles. The van der Waals surface area contributed by atoms with Gasteiger partial charge in [0.25, 0.3) is 5.91 Å². The van der Waals surface area contributed by atoms with Crippen molar-refractivity contribution in [3.8, 4) is 5.69 Å². The number of aromatic nitrogens is 3. The van der Waals surface area contributed by atoms with Crippen LogP contribution in [0.1, 0.15) is 10.4 Å². The average molecular weight is 217 g/mol. The fraction of sp³-hybridized carbons (Fsp3) is 0.100. The number of nitrogens with zero attached hydrogens (tertiary/aromatic N) is 3. The Kier molecular flexibility index (Phi) is 2.55. The molecular weight excluding hydrogens is 206 g/mol. The molecule has 6 heteroatoms. The van der Waals surface area contributed by atoms with E-state index in [4.69, 9.17) is 5.73 Å². The molecule has 0 atom stereocenters. The van der Waals surface area contributed by atoms with Crippen LogP contribution in [-0.4, -0.2) is 27.7 Å². The summed E-state index contributed by atoms with van der Waals surface area (Å²) in [6, 6.07) is 5.01. The zero-order valence-corrected chi connectivity index (χ0v) is 8.71. The molecule has 0 aliphatic heterocycles. The van der Waals surface area contributed by atoms with E-state index in [2.05, 4.69) is 15.4 Å². The monoisotopic (exact) mass is 217 g/mol. The predicted octanol–water partition coefficient (Wildman–Crippen LogP) is 0.209. The maximum absolute atomic E-state index is 11.6. The van der Waals surface area contributed by atoms with Crippen LogP contribution >= 0.6 is 0 Å². The van der Waals surface area contributed by atoms with Gasteiger partial charge >= 0.3 is 0 Å². The van der Waals surface area contributed by atoms with Gasteiger partial charge in [0.1, 0.15) is 12.7 Å². The maximum Gasteiger partial charge on any atom is 0.253 e. The molecule has 1 aromatic heterocycles. The topological polar surface area (TPSA) is 85.8 Å². The summed E-state index contributed by atoms with van der Waals surface area (Å²) in [4.78, 5) is 15.5. The molecule has 1 amide bonds. The Hall–Kier alpha value is -2.37. The second-order valence-corrected chi connectivity index (χ2v) is 3.20. The van der Waals surface area contributed by atoms with Crippen molar-refractivity contribution in [1.29, 1.82) is 0 Å². The van der Waals surface area contributed by atoms with Crippen LogP contribution in [0.25, 0.3) is 5.69 Å². The van der Waals surface area contributed by atoms with Crippen LogP contribution < -0.4 is 11.1 Å². The van der Waals surface area contributed by atoms with Gasteiger partial charge in [0.05, 0.1) is 11.3 Å². The summed E-state index contributed by atoms with van der Waals surface area (Å²) in [6.45, 7) is 0. The number of rotatable bonds is 2. The summed E-state index contributed by atoms with van der Waals surface area (Å²) in [7, 11) is 1.57. The first-order chi connectivity index (χ1) is 7.72. The van der Waals surface area contributed by atoms with Crippen LogP contribution in [0.4, 0.5) is 5.69 Å². The first-order valence-corrected chi connectivity index (χ1v) is 4.69. The summed E-state index contributed by atoms with van der Waals surface area (Å²) in [5.41, 5.74) is 7.36. The lowest BCUT2D eigenvalue weighted by Crippen LogP contribution is -2.20. The Labute approximate surface area is 92.1 Å². The van der Waals surface area contributed by atoms with Crippen molar-refractivity contribution in [2.75, 3.05) is 12.8 Å². The third kappa shape index (κ3) is 1.72. The minimum absolute atomic E-state index is 0.189. The molecule has 0 bridgehead atoms. The zero-order chi connectivity index (χ0) is 11.5. The highest BCUT2D eigenvalue weighted by molar-refractivity contribution is 5.98. The summed E-state index contributed by atoms with van der Waals surface area (Å²) < 4.78 is 1.50. The molecule has 3 N–H and O–H groups in total. The van der Waals surface area contributed by atoms with Gasteiger partial charge in [0.2, 0.25) is 0 Å². The number of amides is 1. The van der Waals surface area contributed by atoms with E-state index in [0.717, 1.165) is 0 Å². The Bertz CT molecular complexity index is 506. The van der Waals surface area contributed by atoms with Gasteiger partial charge in [-0.05, 0) is 18.2 Å². The van der Waals surface area contributed by atoms with Crippen LogP contribution in [0.5, 0.6) is 0 Å². The lowest BCUT2D eigenvalue weighted by molar-refractivity contribution is 0.0963. The molecule has 0 saturated heterocycles. The minimum Gasteiger partial charge on any atom is -0.399 e. The lowest BCUT2D eigenvalue weighted by Gasteiger charge is -2.08. The van der Waals surface area contributed by atoms with Gasteiger partial charge in [-0.2, -0.15) is 5.10 Å². The Morgan fingerprint density at radius 3 is 2.94 bits per heavy atom. The number of carbonyl (C=O) groups is 1. The molecule has 0 unspecified atom stereocenters. The van der Waals surface area contributed by atoms with Crippen molar-refractivity contribution in [2.45, 2.75) is 0 Å². The second-order valence-electron chi connectivity index (χ2n) is 3.20. The summed E-state index contributed by atoms with van der Waals surface area (Å²) in [5.74, 6) is -0.189. The molecule has 2 aromatic rings. The molecule has 0 fully saturated rings. The second kappa shape index (κ2) is 4.01. The number of nitrogens with two attached hydrogens (primary N) is 1. The highest BCUT2D eigenvalue weighted by atomic mass is 16.1. The highest BCUT2D eigenvalue weighted by Crippen LogP contribution is 2.16. The normalized spacial score (nSPS) is 10.1. The van der Waals surface area contributed by atoms with Crippen LogP contribution in [-0.2, 0) is 0 Å². The van der Waals surface area contributed by atoms with Gasteiger partial charge in [0.15, 0.2) is 0 Å². The fourth-order valence-corrected chi connectivity index (χ4v) is 1.40. The van der Waals surface area contributed by atoms with Crippen LogP contribution in [0.15, 0.2) is 30.9 Å². The van der Waals surface area contributed by atoms with Gasteiger partial charge in [-0.3, -0.25) is 4.79 Å². The first kappa shape index (κ1) is 10.2. The minimum atomic E-state index is -0.189. The van der Waals surface area contributed by atoms with Crippen LogP contribution in [0.3, 0.4) is 0 Å². The van der Waals surface area contributed by atoms with E-state index in [1.807, 2.05) is 0 Å². The number of carbonyl (C=O) groups excluding carboxylic acids is 1. The number of nitrogen functional groups attached to an aromatic ring is 1. The number of hydrogen-bond acceptors (Lipinski definition) is 4. The molecule has 0 aliphatic rings. The Balaban J connectivity index is 2.57.